The van der Waals surface area contributed by atoms with Crippen molar-refractivity contribution in [3.05, 3.63) is 60.2 Å². The van der Waals surface area contributed by atoms with E-state index >= 15 is 0 Å². The molecule has 1 aliphatic heterocycles. The van der Waals surface area contributed by atoms with Crippen molar-refractivity contribution in [2.75, 3.05) is 18.4 Å². The molecule has 30 heavy (non-hydrogen) atoms. The van der Waals surface area contributed by atoms with Crippen molar-refractivity contribution in [3.63, 3.8) is 0 Å². The Morgan fingerprint density at radius 2 is 1.93 bits per heavy atom. The molecule has 1 saturated carbocycles. The molecule has 1 N–H and O–H groups in total. The third-order valence-electron chi connectivity index (χ3n) is 5.34. The van der Waals surface area contributed by atoms with Crippen LogP contribution in [0.1, 0.15) is 31.0 Å². The van der Waals surface area contributed by atoms with E-state index in [0.29, 0.717) is 37.1 Å². The third kappa shape index (κ3) is 3.85. The van der Waals surface area contributed by atoms with Crippen LogP contribution in [-0.2, 0) is 0 Å². The first-order valence-electron chi connectivity index (χ1n) is 10.1. The van der Waals surface area contributed by atoms with Gasteiger partial charge >= 0.3 is 6.03 Å². The number of hydrogen-bond acceptors (Lipinski definition) is 5. The highest BCUT2D eigenvalue weighted by Crippen LogP contribution is 2.39. The third-order valence-corrected chi connectivity index (χ3v) is 5.34. The Kier molecular flexibility index (Phi) is 4.82. The Labute approximate surface area is 172 Å². The van der Waals surface area contributed by atoms with Gasteiger partial charge in [0.15, 0.2) is 5.82 Å². The van der Waals surface area contributed by atoms with E-state index in [4.69, 9.17) is 9.26 Å². The number of ether oxygens (including phenoxy) is 1. The number of aromatic nitrogens is 2. The summed E-state index contributed by atoms with van der Waals surface area (Å²) in [7, 11) is 0. The minimum absolute atomic E-state index is 0.167. The summed E-state index contributed by atoms with van der Waals surface area (Å²) in [5, 5.41) is 6.69. The molecule has 154 valence electrons. The topological polar surface area (TPSA) is 80.5 Å². The predicted octanol–water partition coefficient (Wildman–Crippen LogP) is 4.44. The number of benzene rings is 2. The molecule has 0 radical (unpaired) electrons. The molecule has 1 aromatic heterocycles. The second kappa shape index (κ2) is 7.78. The van der Waals surface area contributed by atoms with Gasteiger partial charge in [-0.2, -0.15) is 4.98 Å². The lowest BCUT2D eigenvalue weighted by atomic mass is 10.2. The van der Waals surface area contributed by atoms with Crippen LogP contribution in [0.15, 0.2) is 53.1 Å². The number of amides is 2. The number of hydrogen-bond donors (Lipinski definition) is 1. The monoisotopic (exact) mass is 408 g/mol. The van der Waals surface area contributed by atoms with Crippen LogP contribution in [0.2, 0.25) is 0 Å². The molecule has 3 aromatic rings. The lowest BCUT2D eigenvalue weighted by Crippen LogP contribution is -2.34. The second-order valence-corrected chi connectivity index (χ2v) is 7.61. The SMILES string of the molecule is O=C(Nc1ccccc1F)N1CCC(Oc2ccccc2-c2nc(C3CC3)no2)C1. The van der Waals surface area contributed by atoms with Gasteiger partial charge in [-0.05, 0) is 37.1 Å². The van der Waals surface area contributed by atoms with Gasteiger partial charge in [0.1, 0.15) is 17.7 Å². The summed E-state index contributed by atoms with van der Waals surface area (Å²) in [6.07, 6.45) is 2.70. The van der Waals surface area contributed by atoms with Gasteiger partial charge in [-0.15, -0.1) is 0 Å². The number of nitrogens with zero attached hydrogens (tertiary/aromatic N) is 3. The van der Waals surface area contributed by atoms with Crippen molar-refractivity contribution >= 4 is 11.7 Å². The van der Waals surface area contributed by atoms with Crippen molar-refractivity contribution in [1.29, 1.82) is 0 Å². The standard InChI is InChI=1S/C22H21FN4O3/c23-17-6-2-3-7-18(17)24-22(28)27-12-11-15(13-27)29-19-8-4-1-5-16(19)21-25-20(26-30-21)14-9-10-14/h1-8,14-15H,9-13H2,(H,24,28). The number of carbonyl (C=O) groups is 1. The maximum atomic E-state index is 13.8. The molecule has 2 amide bonds. The van der Waals surface area contributed by atoms with Crippen molar-refractivity contribution in [2.24, 2.45) is 0 Å². The summed E-state index contributed by atoms with van der Waals surface area (Å²) in [5.74, 6) is 1.78. The van der Waals surface area contributed by atoms with Gasteiger partial charge in [-0.25, -0.2) is 9.18 Å². The molecular weight excluding hydrogens is 387 g/mol. The zero-order valence-corrected chi connectivity index (χ0v) is 16.3. The molecule has 0 bridgehead atoms. The van der Waals surface area contributed by atoms with E-state index in [2.05, 4.69) is 15.5 Å². The summed E-state index contributed by atoms with van der Waals surface area (Å²) in [4.78, 5) is 18.6. The average molecular weight is 408 g/mol. The number of para-hydroxylation sites is 2. The highest BCUT2D eigenvalue weighted by atomic mass is 19.1. The smallest absolute Gasteiger partial charge is 0.322 e. The van der Waals surface area contributed by atoms with Crippen LogP contribution in [0.25, 0.3) is 11.5 Å². The van der Waals surface area contributed by atoms with Gasteiger partial charge < -0.3 is 19.5 Å². The van der Waals surface area contributed by atoms with E-state index in [9.17, 15) is 9.18 Å². The van der Waals surface area contributed by atoms with Gasteiger partial charge in [-0.3, -0.25) is 0 Å². The summed E-state index contributed by atoms with van der Waals surface area (Å²) in [6, 6.07) is 13.3. The Bertz CT molecular complexity index is 1070. The van der Waals surface area contributed by atoms with E-state index in [0.717, 1.165) is 24.2 Å². The minimum atomic E-state index is -0.461. The quantitative estimate of drug-likeness (QED) is 0.675. The molecule has 1 unspecified atom stereocenters. The van der Waals surface area contributed by atoms with Crippen LogP contribution in [0, 0.1) is 5.82 Å². The molecule has 2 heterocycles. The lowest BCUT2D eigenvalue weighted by Gasteiger charge is -2.18. The number of nitrogens with one attached hydrogen (secondary N) is 1. The Morgan fingerprint density at radius 1 is 1.13 bits per heavy atom. The van der Waals surface area contributed by atoms with Gasteiger partial charge in [0, 0.05) is 18.9 Å². The summed E-state index contributed by atoms with van der Waals surface area (Å²) in [6.45, 7) is 0.936. The van der Waals surface area contributed by atoms with E-state index in [1.54, 1.807) is 17.0 Å². The lowest BCUT2D eigenvalue weighted by molar-refractivity contribution is 0.195. The Morgan fingerprint density at radius 3 is 2.77 bits per heavy atom. The number of urea groups is 1. The molecule has 1 atom stereocenters. The van der Waals surface area contributed by atoms with E-state index in [-0.39, 0.29) is 17.8 Å². The second-order valence-electron chi connectivity index (χ2n) is 7.61. The van der Waals surface area contributed by atoms with Crippen molar-refractivity contribution in [3.8, 4) is 17.2 Å². The number of carbonyl (C=O) groups excluding carboxylic acids is 1. The fourth-order valence-corrected chi connectivity index (χ4v) is 3.54. The summed E-state index contributed by atoms with van der Waals surface area (Å²) in [5.41, 5.74) is 0.909. The molecule has 2 aliphatic rings. The first-order valence-corrected chi connectivity index (χ1v) is 10.1. The molecule has 1 aliphatic carbocycles. The molecule has 7 nitrogen and oxygen atoms in total. The maximum Gasteiger partial charge on any atom is 0.322 e. The maximum absolute atomic E-state index is 13.8. The number of anilines is 1. The number of halogens is 1. The van der Waals surface area contributed by atoms with Crippen molar-refractivity contribution in [2.45, 2.75) is 31.3 Å². The molecule has 2 fully saturated rings. The summed E-state index contributed by atoms with van der Waals surface area (Å²) < 4.78 is 25.4. The van der Waals surface area contributed by atoms with E-state index in [1.807, 2.05) is 24.3 Å². The number of likely N-dealkylation sites (tertiary alicyclic amines) is 1. The molecule has 1 saturated heterocycles. The van der Waals surface area contributed by atoms with E-state index in [1.165, 1.54) is 12.1 Å². The van der Waals surface area contributed by atoms with Crippen LogP contribution >= 0.6 is 0 Å². The van der Waals surface area contributed by atoms with E-state index < -0.39 is 5.82 Å². The first-order chi connectivity index (χ1) is 14.7. The predicted molar refractivity (Wildman–Crippen MR) is 108 cm³/mol. The number of rotatable bonds is 5. The first kappa shape index (κ1) is 18.6. The fourth-order valence-electron chi connectivity index (χ4n) is 3.54. The van der Waals surface area contributed by atoms with Gasteiger partial charge in [-0.1, -0.05) is 29.4 Å². The van der Waals surface area contributed by atoms with Crippen LogP contribution in [0.5, 0.6) is 5.75 Å². The largest absolute Gasteiger partial charge is 0.488 e. The zero-order valence-electron chi connectivity index (χ0n) is 16.3. The zero-order chi connectivity index (χ0) is 20.5. The molecule has 8 heteroatoms. The van der Waals surface area contributed by atoms with Crippen LogP contribution in [-0.4, -0.2) is 40.3 Å². The molecule has 0 spiro atoms. The van der Waals surface area contributed by atoms with Gasteiger partial charge in [0.05, 0.1) is 17.8 Å². The van der Waals surface area contributed by atoms with Crippen LogP contribution in [0.3, 0.4) is 0 Å². The normalized spacial score (nSPS) is 18.4. The van der Waals surface area contributed by atoms with Crippen LogP contribution < -0.4 is 10.1 Å². The molecule has 5 rings (SSSR count). The van der Waals surface area contributed by atoms with Crippen molar-refractivity contribution in [1.82, 2.24) is 15.0 Å². The molecular formula is C22H21FN4O3. The molecule has 2 aromatic carbocycles. The fraction of sp³-hybridized carbons (Fsp3) is 0.318. The summed E-state index contributed by atoms with van der Waals surface area (Å²) >= 11 is 0. The minimum Gasteiger partial charge on any atom is -0.488 e. The Balaban J connectivity index is 1.25. The highest BCUT2D eigenvalue weighted by molar-refractivity contribution is 5.89. The average Bonchev–Trinajstić information content (AvgIpc) is 3.30. The Hall–Kier alpha value is -3.42. The van der Waals surface area contributed by atoms with Gasteiger partial charge in [0.2, 0.25) is 0 Å². The highest BCUT2D eigenvalue weighted by Gasteiger charge is 2.31. The van der Waals surface area contributed by atoms with Crippen molar-refractivity contribution < 1.29 is 18.4 Å². The van der Waals surface area contributed by atoms with Crippen LogP contribution in [0.4, 0.5) is 14.9 Å². The van der Waals surface area contributed by atoms with Gasteiger partial charge in [0.25, 0.3) is 5.89 Å².